The summed E-state index contributed by atoms with van der Waals surface area (Å²) < 4.78 is 19.9. The largest absolute Gasteiger partial charge is 0.537 e. The first kappa shape index (κ1) is 37.6. The van der Waals surface area contributed by atoms with Crippen LogP contribution in [0.15, 0.2) is 157 Å². The van der Waals surface area contributed by atoms with Crippen molar-refractivity contribution in [1.29, 1.82) is 0 Å². The van der Waals surface area contributed by atoms with E-state index in [0.717, 1.165) is 44.0 Å². The summed E-state index contributed by atoms with van der Waals surface area (Å²) in [5.74, 6) is -0.579. The Morgan fingerprint density at radius 1 is 0.642 bits per heavy atom. The molecule has 1 unspecified atom stereocenters. The van der Waals surface area contributed by atoms with Crippen LogP contribution >= 0.6 is 0 Å². The molecule has 0 aromatic heterocycles. The third-order valence-electron chi connectivity index (χ3n) is 10.6. The fourth-order valence-electron chi connectivity index (χ4n) is 7.86. The van der Waals surface area contributed by atoms with Gasteiger partial charge in [0.25, 0.3) is 0 Å². The first-order valence-corrected chi connectivity index (χ1v) is 20.4. The number of esters is 2. The summed E-state index contributed by atoms with van der Waals surface area (Å²) in [6.45, 7) is 11.0. The summed E-state index contributed by atoms with van der Waals surface area (Å²) in [6, 6.07) is 48.5. The minimum absolute atomic E-state index is 0.0522. The van der Waals surface area contributed by atoms with Gasteiger partial charge in [0.2, 0.25) is 0 Å². The van der Waals surface area contributed by atoms with Crippen molar-refractivity contribution in [1.82, 2.24) is 0 Å². The standard InChI is InChI=1S/C47H50O5Si/c1-35-20-18-19-29-42(35)39-30-43(52-53(46(3,4)5,40-25-14-8-15-26-40)41-27-16-9-17-28-41)36(2)31-47(32-39,44(48)50-33-37-21-10-6-11-22-37)45(49)51-34-38-23-12-7-13-24-38/h6-29,39H,30-34H2,1-5H3. The van der Waals surface area contributed by atoms with Crippen LogP contribution in [-0.4, -0.2) is 20.3 Å². The average Bonchev–Trinajstić information content (AvgIpc) is 3.32. The molecule has 0 saturated heterocycles. The van der Waals surface area contributed by atoms with Gasteiger partial charge in [-0.1, -0.05) is 166 Å². The maximum Gasteiger partial charge on any atom is 0.324 e. The van der Waals surface area contributed by atoms with Crippen LogP contribution in [0.5, 0.6) is 0 Å². The van der Waals surface area contributed by atoms with Crippen molar-refractivity contribution in [3.8, 4) is 0 Å². The lowest BCUT2D eigenvalue weighted by atomic mass is 9.74. The quantitative estimate of drug-likeness (QED) is 0.0772. The van der Waals surface area contributed by atoms with Crippen LogP contribution < -0.4 is 10.4 Å². The van der Waals surface area contributed by atoms with Crippen LogP contribution in [0.1, 0.15) is 75.1 Å². The molecule has 0 amide bonds. The monoisotopic (exact) mass is 722 g/mol. The molecule has 6 heteroatoms. The van der Waals surface area contributed by atoms with E-state index in [1.807, 2.05) is 91.9 Å². The Bertz CT molecular complexity index is 1920. The molecule has 53 heavy (non-hydrogen) atoms. The highest BCUT2D eigenvalue weighted by Gasteiger charge is 2.56. The van der Waals surface area contributed by atoms with E-state index in [1.54, 1.807) is 0 Å². The molecule has 0 spiro atoms. The van der Waals surface area contributed by atoms with E-state index in [1.165, 1.54) is 0 Å². The van der Waals surface area contributed by atoms with Crippen molar-refractivity contribution < 1.29 is 23.5 Å². The topological polar surface area (TPSA) is 61.8 Å². The number of ether oxygens (including phenoxy) is 2. The maximum absolute atomic E-state index is 14.7. The van der Waals surface area contributed by atoms with Crippen molar-refractivity contribution in [2.45, 2.75) is 78.1 Å². The molecule has 5 aromatic carbocycles. The van der Waals surface area contributed by atoms with Crippen LogP contribution in [0.2, 0.25) is 5.04 Å². The van der Waals surface area contributed by atoms with E-state index < -0.39 is 25.7 Å². The van der Waals surface area contributed by atoms with Crippen LogP contribution in [0, 0.1) is 12.3 Å². The maximum atomic E-state index is 14.7. The van der Waals surface area contributed by atoms with E-state index in [2.05, 4.69) is 88.4 Å². The van der Waals surface area contributed by atoms with E-state index in [9.17, 15) is 9.59 Å². The molecule has 0 N–H and O–H groups in total. The van der Waals surface area contributed by atoms with E-state index >= 15 is 0 Å². The molecule has 1 aliphatic rings. The van der Waals surface area contributed by atoms with Crippen molar-refractivity contribution >= 4 is 30.6 Å². The van der Waals surface area contributed by atoms with Gasteiger partial charge in [-0.15, -0.1) is 0 Å². The van der Waals surface area contributed by atoms with Gasteiger partial charge in [-0.2, -0.15) is 0 Å². The fourth-order valence-corrected chi connectivity index (χ4v) is 12.4. The third-order valence-corrected chi connectivity index (χ3v) is 15.6. The van der Waals surface area contributed by atoms with Crippen LogP contribution in [0.25, 0.3) is 0 Å². The van der Waals surface area contributed by atoms with Crippen molar-refractivity contribution in [3.05, 3.63) is 179 Å². The Balaban J connectivity index is 1.51. The number of aryl methyl sites for hydroxylation is 1. The van der Waals surface area contributed by atoms with E-state index in [4.69, 9.17) is 13.9 Å². The van der Waals surface area contributed by atoms with Gasteiger partial charge in [0.1, 0.15) is 13.2 Å². The van der Waals surface area contributed by atoms with Gasteiger partial charge in [0, 0.05) is 6.42 Å². The number of hydrogen-bond acceptors (Lipinski definition) is 5. The van der Waals surface area contributed by atoms with Gasteiger partial charge in [0.15, 0.2) is 5.41 Å². The van der Waals surface area contributed by atoms with E-state index in [0.29, 0.717) is 6.42 Å². The Labute approximate surface area is 315 Å². The molecule has 0 heterocycles. The summed E-state index contributed by atoms with van der Waals surface area (Å²) in [5, 5.41) is 2.03. The van der Waals surface area contributed by atoms with Gasteiger partial charge in [-0.25, -0.2) is 0 Å². The van der Waals surface area contributed by atoms with Crippen molar-refractivity contribution in [2.24, 2.45) is 5.41 Å². The van der Waals surface area contributed by atoms with Gasteiger partial charge in [-0.05, 0) is 75.8 Å². The SMILES string of the molecule is CC1=C(O[Si](c2ccccc2)(c2ccccc2)C(C)(C)C)CC(c2ccccc2C)CC(C(=O)OCc2ccccc2)(C(=O)OCc2ccccc2)C1. The zero-order chi connectivity index (χ0) is 37.5. The predicted octanol–water partition coefficient (Wildman–Crippen LogP) is 9.59. The molecule has 0 fully saturated rings. The molecule has 6 rings (SSSR count). The second-order valence-electron chi connectivity index (χ2n) is 15.3. The van der Waals surface area contributed by atoms with Gasteiger partial charge in [-0.3, -0.25) is 9.59 Å². The zero-order valence-electron chi connectivity index (χ0n) is 31.5. The first-order chi connectivity index (χ1) is 25.5. The van der Waals surface area contributed by atoms with Gasteiger partial charge in [0.05, 0.1) is 5.76 Å². The lowest BCUT2D eigenvalue weighted by Gasteiger charge is -2.44. The van der Waals surface area contributed by atoms with Crippen LogP contribution in [-0.2, 0) is 36.7 Å². The molecule has 5 aromatic rings. The molecule has 0 aliphatic heterocycles. The highest BCUT2D eigenvalue weighted by molar-refractivity contribution is 6.99. The number of allylic oxidation sites excluding steroid dienone is 2. The Morgan fingerprint density at radius 2 is 1.08 bits per heavy atom. The minimum Gasteiger partial charge on any atom is -0.537 e. The summed E-state index contributed by atoms with van der Waals surface area (Å²) in [7, 11) is -3.05. The fraction of sp³-hybridized carbons (Fsp3) is 0.277. The van der Waals surface area contributed by atoms with Gasteiger partial charge < -0.3 is 13.9 Å². The third kappa shape index (κ3) is 8.08. The summed E-state index contributed by atoms with van der Waals surface area (Å²) >= 11 is 0. The number of carbonyl (C=O) groups is 2. The molecule has 1 aliphatic carbocycles. The number of carbonyl (C=O) groups excluding carboxylic acids is 2. The molecule has 0 saturated carbocycles. The number of benzene rings is 5. The highest BCUT2D eigenvalue weighted by atomic mass is 28.4. The predicted molar refractivity (Wildman–Crippen MR) is 214 cm³/mol. The second kappa shape index (κ2) is 16.2. The van der Waals surface area contributed by atoms with Crippen LogP contribution in [0.3, 0.4) is 0 Å². The second-order valence-corrected chi connectivity index (χ2v) is 19.5. The summed E-state index contributed by atoms with van der Waals surface area (Å²) in [6.07, 6.45) is 0.842. The number of hydrogen-bond donors (Lipinski definition) is 0. The van der Waals surface area contributed by atoms with E-state index in [-0.39, 0.29) is 37.0 Å². The molecule has 5 nitrogen and oxygen atoms in total. The highest BCUT2D eigenvalue weighted by Crippen LogP contribution is 2.49. The Morgan fingerprint density at radius 3 is 1.53 bits per heavy atom. The summed E-state index contributed by atoms with van der Waals surface area (Å²) in [5.41, 5.74) is 3.09. The smallest absolute Gasteiger partial charge is 0.324 e. The zero-order valence-corrected chi connectivity index (χ0v) is 32.5. The Hall–Kier alpha value is -5.20. The normalized spacial score (nSPS) is 16.0. The molecule has 0 bridgehead atoms. The lowest BCUT2D eigenvalue weighted by molar-refractivity contribution is -0.175. The van der Waals surface area contributed by atoms with Crippen molar-refractivity contribution in [3.63, 3.8) is 0 Å². The van der Waals surface area contributed by atoms with Gasteiger partial charge >= 0.3 is 20.3 Å². The van der Waals surface area contributed by atoms with Crippen molar-refractivity contribution in [2.75, 3.05) is 0 Å². The molecular weight excluding hydrogens is 673 g/mol. The molecule has 1 atom stereocenters. The van der Waals surface area contributed by atoms with Crippen LogP contribution in [0.4, 0.5) is 0 Å². The first-order valence-electron chi connectivity index (χ1n) is 18.5. The molecular formula is C47H50O5Si. The molecule has 0 radical (unpaired) electrons. The average molecular weight is 723 g/mol. The molecule has 272 valence electrons. The minimum atomic E-state index is -3.05. The summed E-state index contributed by atoms with van der Waals surface area (Å²) in [4.78, 5) is 29.4. The lowest BCUT2D eigenvalue weighted by Crippen LogP contribution is -2.66. The Kier molecular flexibility index (Phi) is 11.5. The number of rotatable bonds is 11.